The van der Waals surface area contributed by atoms with Crippen molar-refractivity contribution in [1.29, 1.82) is 0 Å². The lowest BCUT2D eigenvalue weighted by molar-refractivity contribution is 0.829. The molecule has 0 amide bonds. The number of halogens is 1. The fraction of sp³-hybridized carbons (Fsp3) is 0.455. The van der Waals surface area contributed by atoms with E-state index in [4.69, 9.17) is 11.6 Å². The second kappa shape index (κ2) is 4.19. The Balaban J connectivity index is 2.54. The van der Waals surface area contributed by atoms with E-state index in [9.17, 15) is 0 Å². The van der Waals surface area contributed by atoms with E-state index < -0.39 is 0 Å². The van der Waals surface area contributed by atoms with Crippen LogP contribution in [-0.2, 0) is 12.8 Å². The average Bonchev–Trinajstić information content (AvgIpc) is 2.61. The summed E-state index contributed by atoms with van der Waals surface area (Å²) in [5.41, 5.74) is 2.92. The Kier molecular flexibility index (Phi) is 2.91. The first kappa shape index (κ1) is 10.4. The Labute approximate surface area is 94.1 Å². The summed E-state index contributed by atoms with van der Waals surface area (Å²) in [5, 5.41) is 5.04. The van der Waals surface area contributed by atoms with Gasteiger partial charge in [0.15, 0.2) is 5.65 Å². The quantitative estimate of drug-likeness (QED) is 0.749. The first-order chi connectivity index (χ1) is 7.24. The van der Waals surface area contributed by atoms with Crippen molar-refractivity contribution in [3.8, 4) is 0 Å². The van der Waals surface area contributed by atoms with E-state index in [1.165, 1.54) is 0 Å². The lowest BCUT2D eigenvalue weighted by Crippen LogP contribution is -1.96. The molecule has 0 saturated carbocycles. The molecule has 0 unspecified atom stereocenters. The van der Waals surface area contributed by atoms with Crippen LogP contribution in [0.3, 0.4) is 0 Å². The summed E-state index contributed by atoms with van der Waals surface area (Å²) in [6.07, 6.45) is 2.95. The number of hydrogen-bond donors (Lipinski definition) is 0. The molecule has 0 aromatic carbocycles. The molecule has 0 N–H and O–H groups in total. The topological polar surface area (TPSA) is 30.2 Å². The van der Waals surface area contributed by atoms with E-state index in [2.05, 4.69) is 23.9 Å². The summed E-state index contributed by atoms with van der Waals surface area (Å²) in [6, 6.07) is 3.88. The Morgan fingerprint density at radius 2 is 2.07 bits per heavy atom. The molecule has 0 spiro atoms. The van der Waals surface area contributed by atoms with Crippen LogP contribution in [0, 0.1) is 0 Å². The molecule has 0 saturated heterocycles. The van der Waals surface area contributed by atoms with Crippen molar-refractivity contribution in [2.45, 2.75) is 33.1 Å². The third kappa shape index (κ3) is 1.97. The number of hydrogen-bond acceptors (Lipinski definition) is 2. The van der Waals surface area contributed by atoms with Crippen LogP contribution in [0.1, 0.15) is 31.7 Å². The van der Waals surface area contributed by atoms with Crippen molar-refractivity contribution in [3.63, 3.8) is 0 Å². The van der Waals surface area contributed by atoms with Crippen LogP contribution in [0.25, 0.3) is 5.65 Å². The molecule has 3 nitrogen and oxygen atoms in total. The summed E-state index contributed by atoms with van der Waals surface area (Å²) in [4.78, 5) is 4.47. The zero-order chi connectivity index (χ0) is 10.8. The van der Waals surface area contributed by atoms with E-state index in [-0.39, 0.29) is 0 Å². The number of aryl methyl sites for hydroxylation is 2. The van der Waals surface area contributed by atoms with Crippen molar-refractivity contribution >= 4 is 17.2 Å². The van der Waals surface area contributed by atoms with Crippen LogP contribution in [0.2, 0.25) is 5.15 Å². The first-order valence-corrected chi connectivity index (χ1v) is 5.66. The molecule has 2 heterocycles. The van der Waals surface area contributed by atoms with Gasteiger partial charge in [-0.25, -0.2) is 9.50 Å². The summed E-state index contributed by atoms with van der Waals surface area (Å²) in [5.74, 6) is 0. The van der Waals surface area contributed by atoms with Gasteiger partial charge in [0.05, 0.1) is 5.69 Å². The minimum atomic E-state index is 0.638. The van der Waals surface area contributed by atoms with Gasteiger partial charge in [0.25, 0.3) is 0 Å². The van der Waals surface area contributed by atoms with Crippen LogP contribution in [0.5, 0.6) is 0 Å². The first-order valence-electron chi connectivity index (χ1n) is 5.28. The SMILES string of the molecule is CCCc1cc2nc(CC)cc(Cl)n2n1. The van der Waals surface area contributed by atoms with Crippen molar-refractivity contribution < 1.29 is 0 Å². The van der Waals surface area contributed by atoms with Crippen LogP contribution in [0.15, 0.2) is 12.1 Å². The van der Waals surface area contributed by atoms with Gasteiger partial charge < -0.3 is 0 Å². The van der Waals surface area contributed by atoms with Crippen molar-refractivity contribution in [1.82, 2.24) is 14.6 Å². The highest BCUT2D eigenvalue weighted by Gasteiger charge is 2.06. The standard InChI is InChI=1S/C11H14ClN3/c1-3-5-9-7-11-13-8(4-2)6-10(12)15(11)14-9/h6-7H,3-5H2,1-2H3. The maximum Gasteiger partial charge on any atom is 0.157 e. The second-order valence-corrected chi connectivity index (χ2v) is 3.97. The van der Waals surface area contributed by atoms with Gasteiger partial charge in [-0.05, 0) is 18.9 Å². The highest BCUT2D eigenvalue weighted by Crippen LogP contribution is 2.15. The number of nitrogens with zero attached hydrogens (tertiary/aromatic N) is 3. The molecule has 80 valence electrons. The number of aromatic nitrogens is 3. The Morgan fingerprint density at radius 1 is 1.27 bits per heavy atom. The lowest BCUT2D eigenvalue weighted by Gasteiger charge is -1.99. The Bertz CT molecular complexity index is 476. The summed E-state index contributed by atoms with van der Waals surface area (Å²) >= 11 is 6.11. The molecule has 0 aliphatic heterocycles. The van der Waals surface area contributed by atoms with E-state index in [1.54, 1.807) is 4.52 Å². The van der Waals surface area contributed by atoms with Crippen LogP contribution < -0.4 is 0 Å². The molecule has 2 aromatic heterocycles. The molecule has 0 aliphatic carbocycles. The molecule has 2 aromatic rings. The molecule has 0 radical (unpaired) electrons. The monoisotopic (exact) mass is 223 g/mol. The maximum atomic E-state index is 6.11. The maximum absolute atomic E-state index is 6.11. The van der Waals surface area contributed by atoms with Gasteiger partial charge in [0.2, 0.25) is 0 Å². The highest BCUT2D eigenvalue weighted by molar-refractivity contribution is 6.29. The number of rotatable bonds is 3. The van der Waals surface area contributed by atoms with Gasteiger partial charge in [-0.15, -0.1) is 0 Å². The zero-order valence-electron chi connectivity index (χ0n) is 9.00. The number of fused-ring (bicyclic) bond motifs is 1. The molecular weight excluding hydrogens is 210 g/mol. The average molecular weight is 224 g/mol. The van der Waals surface area contributed by atoms with Gasteiger partial charge in [-0.2, -0.15) is 5.10 Å². The van der Waals surface area contributed by atoms with Crippen molar-refractivity contribution in [3.05, 3.63) is 28.7 Å². The third-order valence-electron chi connectivity index (χ3n) is 2.36. The fourth-order valence-electron chi connectivity index (χ4n) is 1.59. The molecular formula is C11H14ClN3. The van der Waals surface area contributed by atoms with E-state index >= 15 is 0 Å². The highest BCUT2D eigenvalue weighted by atomic mass is 35.5. The van der Waals surface area contributed by atoms with E-state index in [1.807, 2.05) is 12.1 Å². The van der Waals surface area contributed by atoms with E-state index in [0.717, 1.165) is 36.3 Å². The van der Waals surface area contributed by atoms with Gasteiger partial charge in [0.1, 0.15) is 5.15 Å². The molecule has 0 fully saturated rings. The lowest BCUT2D eigenvalue weighted by atomic mass is 10.2. The van der Waals surface area contributed by atoms with Crippen LogP contribution >= 0.6 is 11.6 Å². The molecule has 4 heteroatoms. The van der Waals surface area contributed by atoms with Gasteiger partial charge in [0, 0.05) is 11.8 Å². The van der Waals surface area contributed by atoms with Crippen LogP contribution in [-0.4, -0.2) is 14.6 Å². The van der Waals surface area contributed by atoms with Crippen LogP contribution in [0.4, 0.5) is 0 Å². The summed E-state index contributed by atoms with van der Waals surface area (Å²) in [7, 11) is 0. The molecule has 0 aliphatic rings. The van der Waals surface area contributed by atoms with Crippen molar-refractivity contribution in [2.75, 3.05) is 0 Å². The largest absolute Gasteiger partial charge is 0.233 e. The predicted octanol–water partition coefficient (Wildman–Crippen LogP) is 2.90. The smallest absolute Gasteiger partial charge is 0.157 e. The van der Waals surface area contributed by atoms with Crippen molar-refractivity contribution in [2.24, 2.45) is 0 Å². The molecule has 0 atom stereocenters. The normalized spacial score (nSPS) is 11.1. The second-order valence-electron chi connectivity index (χ2n) is 3.58. The molecule has 2 rings (SSSR count). The fourth-order valence-corrected chi connectivity index (χ4v) is 1.84. The van der Waals surface area contributed by atoms with Gasteiger partial charge >= 0.3 is 0 Å². The summed E-state index contributed by atoms with van der Waals surface area (Å²) < 4.78 is 1.70. The Morgan fingerprint density at radius 3 is 2.73 bits per heavy atom. The molecule has 15 heavy (non-hydrogen) atoms. The minimum absolute atomic E-state index is 0.638. The summed E-state index contributed by atoms with van der Waals surface area (Å²) in [6.45, 7) is 4.20. The minimum Gasteiger partial charge on any atom is -0.233 e. The van der Waals surface area contributed by atoms with Gasteiger partial charge in [-0.3, -0.25) is 0 Å². The molecule has 0 bridgehead atoms. The van der Waals surface area contributed by atoms with Gasteiger partial charge in [-0.1, -0.05) is 31.9 Å². The predicted molar refractivity (Wildman–Crippen MR) is 61.4 cm³/mol. The third-order valence-corrected chi connectivity index (χ3v) is 2.62. The Hall–Kier alpha value is -1.09. The van der Waals surface area contributed by atoms with E-state index in [0.29, 0.717) is 5.15 Å². The zero-order valence-corrected chi connectivity index (χ0v) is 9.75.